The van der Waals surface area contributed by atoms with Gasteiger partial charge in [0, 0.05) is 33.4 Å². The Labute approximate surface area is 315 Å². The van der Waals surface area contributed by atoms with E-state index in [1.54, 1.807) is 0 Å². The van der Waals surface area contributed by atoms with E-state index in [2.05, 4.69) is 228 Å². The molecule has 0 spiro atoms. The summed E-state index contributed by atoms with van der Waals surface area (Å²) in [5.74, 6) is 0. The molecule has 0 bridgehead atoms. The third-order valence-electron chi connectivity index (χ3n) is 10.6. The number of rotatable bonds is 7. The largest absolute Gasteiger partial charge is 0.310 e. The molecule has 2 nitrogen and oxygen atoms in total. The van der Waals surface area contributed by atoms with E-state index in [1.165, 1.54) is 66.0 Å². The lowest BCUT2D eigenvalue weighted by atomic mass is 9.90. The molecule has 1 aromatic heterocycles. The zero-order valence-corrected chi connectivity index (χ0v) is 29.7. The molecule has 10 rings (SSSR count). The van der Waals surface area contributed by atoms with Gasteiger partial charge in [0.15, 0.2) is 0 Å². The van der Waals surface area contributed by atoms with E-state index in [0.29, 0.717) is 0 Å². The molecular formula is C52H36N2. The lowest BCUT2D eigenvalue weighted by molar-refractivity contribution is 1.18. The third-order valence-corrected chi connectivity index (χ3v) is 10.6. The molecule has 54 heavy (non-hydrogen) atoms. The van der Waals surface area contributed by atoms with Gasteiger partial charge in [-0.1, -0.05) is 158 Å². The van der Waals surface area contributed by atoms with Crippen LogP contribution in [0, 0.1) is 0 Å². The molecule has 9 aromatic carbocycles. The SMILES string of the molecule is c1ccc(N(c2ccc(-c3ccc4ccccc4c3)cc2)c2ccccc2-c2ccccc2-c2cccc3c2c2ccccc2n3-c2ccccc2)cc1. The zero-order valence-electron chi connectivity index (χ0n) is 29.7. The van der Waals surface area contributed by atoms with Gasteiger partial charge < -0.3 is 9.47 Å². The fourth-order valence-electron chi connectivity index (χ4n) is 8.12. The van der Waals surface area contributed by atoms with Crippen LogP contribution in [0.2, 0.25) is 0 Å². The number of benzene rings is 9. The minimum Gasteiger partial charge on any atom is -0.310 e. The van der Waals surface area contributed by atoms with Gasteiger partial charge >= 0.3 is 0 Å². The molecule has 10 aromatic rings. The van der Waals surface area contributed by atoms with Gasteiger partial charge in [0.1, 0.15) is 0 Å². The molecular weight excluding hydrogens is 653 g/mol. The molecule has 0 aliphatic heterocycles. The van der Waals surface area contributed by atoms with Crippen molar-refractivity contribution in [2.75, 3.05) is 4.90 Å². The predicted octanol–water partition coefficient (Wildman–Crippen LogP) is 14.4. The van der Waals surface area contributed by atoms with E-state index in [9.17, 15) is 0 Å². The van der Waals surface area contributed by atoms with Gasteiger partial charge in [-0.2, -0.15) is 0 Å². The van der Waals surface area contributed by atoms with Gasteiger partial charge in [-0.3, -0.25) is 0 Å². The van der Waals surface area contributed by atoms with E-state index in [0.717, 1.165) is 22.7 Å². The number of fused-ring (bicyclic) bond motifs is 4. The Morgan fingerprint density at radius 2 is 0.889 bits per heavy atom. The maximum atomic E-state index is 2.39. The summed E-state index contributed by atoms with van der Waals surface area (Å²) in [6.45, 7) is 0. The molecule has 0 amide bonds. The Kier molecular flexibility index (Phi) is 7.85. The maximum absolute atomic E-state index is 2.39. The maximum Gasteiger partial charge on any atom is 0.0547 e. The molecule has 0 saturated carbocycles. The minimum atomic E-state index is 1.10. The van der Waals surface area contributed by atoms with E-state index in [-0.39, 0.29) is 0 Å². The molecule has 2 heteroatoms. The lowest BCUT2D eigenvalue weighted by Crippen LogP contribution is -2.11. The molecule has 0 saturated heterocycles. The summed E-state index contributed by atoms with van der Waals surface area (Å²) in [5.41, 5.74) is 14.1. The molecule has 0 atom stereocenters. The molecule has 0 N–H and O–H groups in total. The van der Waals surface area contributed by atoms with Crippen molar-refractivity contribution in [3.63, 3.8) is 0 Å². The number of para-hydroxylation sites is 4. The van der Waals surface area contributed by atoms with Crippen LogP contribution in [0.3, 0.4) is 0 Å². The average Bonchev–Trinajstić information content (AvgIpc) is 3.59. The minimum absolute atomic E-state index is 1.10. The first-order valence-corrected chi connectivity index (χ1v) is 18.5. The summed E-state index contributed by atoms with van der Waals surface area (Å²) in [6, 6.07) is 78.8. The van der Waals surface area contributed by atoms with Crippen LogP contribution in [0.25, 0.3) is 71.6 Å². The highest BCUT2D eigenvalue weighted by atomic mass is 15.1. The van der Waals surface area contributed by atoms with Crippen molar-refractivity contribution in [3.05, 3.63) is 218 Å². The summed E-state index contributed by atoms with van der Waals surface area (Å²) in [4.78, 5) is 2.39. The van der Waals surface area contributed by atoms with Crippen LogP contribution < -0.4 is 4.90 Å². The van der Waals surface area contributed by atoms with Gasteiger partial charge in [0.05, 0.1) is 16.7 Å². The predicted molar refractivity (Wildman–Crippen MR) is 229 cm³/mol. The molecule has 0 aliphatic carbocycles. The monoisotopic (exact) mass is 688 g/mol. The first kappa shape index (κ1) is 31.6. The van der Waals surface area contributed by atoms with Crippen LogP contribution in [0.15, 0.2) is 218 Å². The fourth-order valence-corrected chi connectivity index (χ4v) is 8.12. The number of aromatic nitrogens is 1. The number of nitrogens with zero attached hydrogens (tertiary/aromatic N) is 2. The lowest BCUT2D eigenvalue weighted by Gasteiger charge is -2.28. The average molecular weight is 689 g/mol. The normalized spacial score (nSPS) is 11.3. The summed E-state index contributed by atoms with van der Waals surface area (Å²) in [5, 5.41) is 5.00. The highest BCUT2D eigenvalue weighted by Gasteiger charge is 2.21. The van der Waals surface area contributed by atoms with Gasteiger partial charge in [-0.15, -0.1) is 0 Å². The summed E-state index contributed by atoms with van der Waals surface area (Å²) in [6.07, 6.45) is 0. The molecule has 0 unspecified atom stereocenters. The second-order valence-corrected chi connectivity index (χ2v) is 13.7. The van der Waals surface area contributed by atoms with Crippen molar-refractivity contribution >= 4 is 49.6 Å². The van der Waals surface area contributed by atoms with Crippen LogP contribution in [0.4, 0.5) is 17.1 Å². The summed E-state index contributed by atoms with van der Waals surface area (Å²) >= 11 is 0. The van der Waals surface area contributed by atoms with Crippen LogP contribution in [0.1, 0.15) is 0 Å². The molecule has 0 aliphatic rings. The smallest absolute Gasteiger partial charge is 0.0547 e. The van der Waals surface area contributed by atoms with Crippen LogP contribution >= 0.6 is 0 Å². The highest BCUT2D eigenvalue weighted by Crippen LogP contribution is 2.46. The highest BCUT2D eigenvalue weighted by molar-refractivity contribution is 6.17. The van der Waals surface area contributed by atoms with Crippen LogP contribution in [-0.2, 0) is 0 Å². The van der Waals surface area contributed by atoms with Crippen molar-refractivity contribution < 1.29 is 0 Å². The van der Waals surface area contributed by atoms with Gasteiger partial charge in [0.25, 0.3) is 0 Å². The fraction of sp³-hybridized carbons (Fsp3) is 0. The Balaban J connectivity index is 1.14. The summed E-state index contributed by atoms with van der Waals surface area (Å²) < 4.78 is 2.39. The second-order valence-electron chi connectivity index (χ2n) is 13.7. The van der Waals surface area contributed by atoms with E-state index in [4.69, 9.17) is 0 Å². The summed E-state index contributed by atoms with van der Waals surface area (Å²) in [7, 11) is 0. The standard InChI is InChI=1S/C52H36N2/c1-3-18-41(19-4-1)53(43-34-32-38(33-35-43)40-31-30-37-16-7-8-17-39(37)36-40)49-27-13-11-24-46(49)44-22-9-10-23-45(44)47-26-15-29-51-52(47)48-25-12-14-28-50(48)54(51)42-20-5-2-6-21-42/h1-36H. The van der Waals surface area contributed by atoms with Crippen molar-refractivity contribution in [2.45, 2.75) is 0 Å². The van der Waals surface area contributed by atoms with E-state index in [1.807, 2.05) is 0 Å². The van der Waals surface area contributed by atoms with Gasteiger partial charge in [-0.25, -0.2) is 0 Å². The topological polar surface area (TPSA) is 8.17 Å². The molecule has 0 fully saturated rings. The van der Waals surface area contributed by atoms with Crippen LogP contribution in [-0.4, -0.2) is 4.57 Å². The Morgan fingerprint density at radius 3 is 1.69 bits per heavy atom. The Hall–Kier alpha value is -7.16. The Bertz CT molecular complexity index is 2920. The zero-order chi connectivity index (χ0) is 35.8. The van der Waals surface area contributed by atoms with E-state index < -0.39 is 0 Å². The number of hydrogen-bond acceptors (Lipinski definition) is 1. The number of hydrogen-bond donors (Lipinski definition) is 0. The van der Waals surface area contributed by atoms with Crippen molar-refractivity contribution in [1.82, 2.24) is 4.57 Å². The Morgan fingerprint density at radius 1 is 0.333 bits per heavy atom. The van der Waals surface area contributed by atoms with Gasteiger partial charge in [-0.05, 0) is 99.3 Å². The molecule has 254 valence electrons. The second kappa shape index (κ2) is 13.4. The third kappa shape index (κ3) is 5.44. The quantitative estimate of drug-likeness (QED) is 0.162. The first-order chi connectivity index (χ1) is 26.8. The molecule has 1 heterocycles. The van der Waals surface area contributed by atoms with Crippen LogP contribution in [0.5, 0.6) is 0 Å². The van der Waals surface area contributed by atoms with Crippen molar-refractivity contribution in [1.29, 1.82) is 0 Å². The van der Waals surface area contributed by atoms with E-state index >= 15 is 0 Å². The van der Waals surface area contributed by atoms with Crippen molar-refractivity contribution in [3.8, 4) is 39.1 Å². The number of anilines is 3. The first-order valence-electron chi connectivity index (χ1n) is 18.5. The van der Waals surface area contributed by atoms with Crippen molar-refractivity contribution in [2.24, 2.45) is 0 Å². The van der Waals surface area contributed by atoms with Gasteiger partial charge in [0.2, 0.25) is 0 Å². The molecule has 0 radical (unpaired) electrons.